The molecule has 1 heteroatoms. The van der Waals surface area contributed by atoms with E-state index < -0.39 is 0 Å². The molecule has 70 valence electrons. The third-order valence-corrected chi connectivity index (χ3v) is 3.73. The van der Waals surface area contributed by atoms with Crippen LogP contribution in [0.5, 0.6) is 0 Å². The lowest BCUT2D eigenvalue weighted by molar-refractivity contribution is 0.240. The summed E-state index contributed by atoms with van der Waals surface area (Å²) < 4.78 is 0. The molecule has 0 aromatic heterocycles. The Labute approximate surface area is 75.9 Å². The Morgan fingerprint density at radius 2 is 2.17 bits per heavy atom. The van der Waals surface area contributed by atoms with Crippen LogP contribution >= 0.6 is 0 Å². The molecule has 0 spiro atoms. The van der Waals surface area contributed by atoms with E-state index in [1.807, 2.05) is 0 Å². The monoisotopic (exact) mass is 167 g/mol. The summed E-state index contributed by atoms with van der Waals surface area (Å²) >= 11 is 0. The third-order valence-electron chi connectivity index (χ3n) is 3.73. The van der Waals surface area contributed by atoms with Gasteiger partial charge >= 0.3 is 0 Å². The summed E-state index contributed by atoms with van der Waals surface area (Å²) in [5.74, 6) is 1.89. The first-order valence-electron chi connectivity index (χ1n) is 5.48. The molecular formula is C11H21N. The van der Waals surface area contributed by atoms with E-state index in [2.05, 4.69) is 19.2 Å². The van der Waals surface area contributed by atoms with Crippen molar-refractivity contribution < 1.29 is 0 Å². The molecule has 2 fully saturated rings. The van der Waals surface area contributed by atoms with Gasteiger partial charge in [-0.25, -0.2) is 0 Å². The fourth-order valence-corrected chi connectivity index (χ4v) is 2.57. The van der Waals surface area contributed by atoms with Crippen LogP contribution in [0.25, 0.3) is 0 Å². The zero-order valence-corrected chi connectivity index (χ0v) is 8.40. The summed E-state index contributed by atoms with van der Waals surface area (Å²) in [6.07, 6.45) is 7.25. The SMILES string of the molecule is CC(C)C1(CC2CC2)CCCN1. The molecule has 12 heavy (non-hydrogen) atoms. The zero-order valence-electron chi connectivity index (χ0n) is 8.40. The molecule has 0 aromatic carbocycles. The number of hydrogen-bond donors (Lipinski definition) is 1. The minimum atomic E-state index is 0.529. The molecule has 1 aliphatic carbocycles. The lowest BCUT2D eigenvalue weighted by Gasteiger charge is -2.34. The van der Waals surface area contributed by atoms with E-state index in [4.69, 9.17) is 0 Å². The van der Waals surface area contributed by atoms with Crippen molar-refractivity contribution in [2.24, 2.45) is 11.8 Å². The van der Waals surface area contributed by atoms with Gasteiger partial charge in [0.15, 0.2) is 0 Å². The van der Waals surface area contributed by atoms with Gasteiger partial charge in [-0.3, -0.25) is 0 Å². The van der Waals surface area contributed by atoms with E-state index in [-0.39, 0.29) is 0 Å². The number of nitrogens with one attached hydrogen (secondary N) is 1. The van der Waals surface area contributed by atoms with Crippen LogP contribution in [0.2, 0.25) is 0 Å². The Kier molecular flexibility index (Phi) is 2.16. The van der Waals surface area contributed by atoms with Crippen LogP contribution in [-0.4, -0.2) is 12.1 Å². The van der Waals surface area contributed by atoms with E-state index in [1.54, 1.807) is 0 Å². The summed E-state index contributed by atoms with van der Waals surface area (Å²) in [5, 5.41) is 3.74. The molecule has 0 bridgehead atoms. The van der Waals surface area contributed by atoms with Gasteiger partial charge in [0, 0.05) is 5.54 Å². The highest BCUT2D eigenvalue weighted by Crippen LogP contribution is 2.42. The van der Waals surface area contributed by atoms with E-state index in [9.17, 15) is 0 Å². The maximum atomic E-state index is 3.74. The Morgan fingerprint density at radius 3 is 2.58 bits per heavy atom. The van der Waals surface area contributed by atoms with Gasteiger partial charge in [0.25, 0.3) is 0 Å². The van der Waals surface area contributed by atoms with Crippen LogP contribution < -0.4 is 5.32 Å². The topological polar surface area (TPSA) is 12.0 Å². The number of rotatable bonds is 3. The Hall–Kier alpha value is -0.0400. The molecule has 1 unspecified atom stereocenters. The Bertz CT molecular complexity index is 152. The highest BCUT2D eigenvalue weighted by Gasteiger charge is 2.40. The lowest BCUT2D eigenvalue weighted by Crippen LogP contribution is -2.45. The van der Waals surface area contributed by atoms with E-state index >= 15 is 0 Å². The maximum Gasteiger partial charge on any atom is 0.0207 e. The number of hydrogen-bond acceptors (Lipinski definition) is 1. The van der Waals surface area contributed by atoms with Crippen LogP contribution in [0, 0.1) is 11.8 Å². The zero-order chi connectivity index (χ0) is 8.60. The van der Waals surface area contributed by atoms with Crippen LogP contribution in [0.15, 0.2) is 0 Å². The summed E-state index contributed by atoms with van der Waals surface area (Å²) in [5.41, 5.74) is 0.529. The first kappa shape index (κ1) is 8.55. The van der Waals surface area contributed by atoms with Gasteiger partial charge in [-0.15, -0.1) is 0 Å². The molecular weight excluding hydrogens is 146 g/mol. The van der Waals surface area contributed by atoms with Crippen molar-refractivity contribution in [3.05, 3.63) is 0 Å². The predicted molar refractivity (Wildman–Crippen MR) is 52.1 cm³/mol. The third kappa shape index (κ3) is 1.52. The molecule has 0 radical (unpaired) electrons. The molecule has 1 heterocycles. The van der Waals surface area contributed by atoms with Crippen molar-refractivity contribution in [2.45, 2.75) is 51.5 Å². The first-order valence-corrected chi connectivity index (χ1v) is 5.48. The highest BCUT2D eigenvalue weighted by atomic mass is 15.0. The summed E-state index contributed by atoms with van der Waals surface area (Å²) in [4.78, 5) is 0. The highest BCUT2D eigenvalue weighted by molar-refractivity contribution is 4.98. The first-order chi connectivity index (χ1) is 5.73. The second kappa shape index (κ2) is 3.02. The molecule has 1 N–H and O–H groups in total. The van der Waals surface area contributed by atoms with Gasteiger partial charge in [-0.05, 0) is 37.6 Å². The maximum absolute atomic E-state index is 3.74. The van der Waals surface area contributed by atoms with Crippen LogP contribution in [0.1, 0.15) is 46.0 Å². The normalized spacial score (nSPS) is 36.2. The summed E-state index contributed by atoms with van der Waals surface area (Å²) in [6.45, 7) is 6.01. The smallest absolute Gasteiger partial charge is 0.0207 e. The van der Waals surface area contributed by atoms with Crippen LogP contribution in [0.3, 0.4) is 0 Å². The lowest BCUT2D eigenvalue weighted by atomic mass is 9.80. The van der Waals surface area contributed by atoms with Gasteiger partial charge < -0.3 is 5.32 Å². The predicted octanol–water partition coefficient (Wildman–Crippen LogP) is 2.56. The summed E-state index contributed by atoms with van der Waals surface area (Å²) in [7, 11) is 0. The molecule has 0 amide bonds. The van der Waals surface area contributed by atoms with Gasteiger partial charge in [-0.2, -0.15) is 0 Å². The minimum Gasteiger partial charge on any atom is -0.311 e. The fraction of sp³-hybridized carbons (Fsp3) is 1.00. The molecule has 2 aliphatic rings. The molecule has 1 saturated heterocycles. The molecule has 1 aliphatic heterocycles. The van der Waals surface area contributed by atoms with E-state index in [0.717, 1.165) is 11.8 Å². The molecule has 1 nitrogen and oxygen atoms in total. The minimum absolute atomic E-state index is 0.529. The van der Waals surface area contributed by atoms with Crippen molar-refractivity contribution in [3.63, 3.8) is 0 Å². The standard InChI is InChI=1S/C11H21N/c1-9(2)11(6-3-7-12-11)8-10-4-5-10/h9-10,12H,3-8H2,1-2H3. The van der Waals surface area contributed by atoms with E-state index in [0.29, 0.717) is 5.54 Å². The second-order valence-electron chi connectivity index (χ2n) is 4.99. The Morgan fingerprint density at radius 1 is 1.42 bits per heavy atom. The molecule has 1 atom stereocenters. The van der Waals surface area contributed by atoms with Crippen molar-refractivity contribution in [3.8, 4) is 0 Å². The van der Waals surface area contributed by atoms with E-state index in [1.165, 1.54) is 38.6 Å². The molecule has 2 rings (SSSR count). The largest absolute Gasteiger partial charge is 0.311 e. The average Bonchev–Trinajstić information content (AvgIpc) is 2.66. The fourth-order valence-electron chi connectivity index (χ4n) is 2.57. The van der Waals surface area contributed by atoms with Gasteiger partial charge in [0.05, 0.1) is 0 Å². The van der Waals surface area contributed by atoms with Gasteiger partial charge in [0.1, 0.15) is 0 Å². The van der Waals surface area contributed by atoms with Crippen molar-refractivity contribution in [1.82, 2.24) is 5.32 Å². The molecule has 0 aromatic rings. The van der Waals surface area contributed by atoms with Gasteiger partial charge in [0.2, 0.25) is 0 Å². The summed E-state index contributed by atoms with van der Waals surface area (Å²) in [6, 6.07) is 0. The Balaban J connectivity index is 1.98. The van der Waals surface area contributed by atoms with Crippen molar-refractivity contribution in [2.75, 3.05) is 6.54 Å². The van der Waals surface area contributed by atoms with Crippen LogP contribution in [0.4, 0.5) is 0 Å². The van der Waals surface area contributed by atoms with Gasteiger partial charge in [-0.1, -0.05) is 26.7 Å². The molecule has 1 saturated carbocycles. The van der Waals surface area contributed by atoms with Crippen molar-refractivity contribution in [1.29, 1.82) is 0 Å². The second-order valence-corrected chi connectivity index (χ2v) is 4.99. The van der Waals surface area contributed by atoms with Crippen molar-refractivity contribution >= 4 is 0 Å². The quantitative estimate of drug-likeness (QED) is 0.681. The average molecular weight is 167 g/mol. The van der Waals surface area contributed by atoms with Crippen LogP contribution in [-0.2, 0) is 0 Å².